The molecule has 1 unspecified atom stereocenters. The van der Waals surface area contributed by atoms with Gasteiger partial charge in [0.2, 0.25) is 0 Å². The van der Waals surface area contributed by atoms with Crippen molar-refractivity contribution >= 4 is 9.84 Å². The number of hydrogen-bond acceptors (Lipinski definition) is 3. The van der Waals surface area contributed by atoms with Crippen molar-refractivity contribution in [3.05, 3.63) is 0 Å². The van der Waals surface area contributed by atoms with Crippen LogP contribution in [0.15, 0.2) is 0 Å². The first-order chi connectivity index (χ1) is 8.76. The lowest BCUT2D eigenvalue weighted by atomic mass is 9.94. The number of nitrogens with one attached hydrogen (secondary N) is 1. The Bertz CT molecular complexity index is 310. The molecule has 0 aliphatic carbocycles. The van der Waals surface area contributed by atoms with Gasteiger partial charge in [-0.15, -0.1) is 0 Å². The average molecular weight is 292 g/mol. The monoisotopic (exact) mass is 291 g/mol. The van der Waals surface area contributed by atoms with Gasteiger partial charge in [0.1, 0.15) is 9.84 Å². The zero-order valence-corrected chi connectivity index (χ0v) is 14.2. The third-order valence-corrected chi connectivity index (χ3v) is 5.03. The SMILES string of the molecule is CCCS(=O)(=O)CCC(CNCC(C)C)CC(C)C. The summed E-state index contributed by atoms with van der Waals surface area (Å²) in [5.74, 6) is 2.43. The van der Waals surface area contributed by atoms with Crippen molar-refractivity contribution in [2.45, 2.75) is 53.9 Å². The predicted octanol–water partition coefficient (Wildman–Crippen LogP) is 3.11. The van der Waals surface area contributed by atoms with Crippen molar-refractivity contribution in [3.8, 4) is 0 Å². The van der Waals surface area contributed by atoms with Gasteiger partial charge in [0.15, 0.2) is 0 Å². The molecule has 0 saturated heterocycles. The van der Waals surface area contributed by atoms with E-state index >= 15 is 0 Å². The van der Waals surface area contributed by atoms with E-state index in [0.29, 0.717) is 29.3 Å². The molecular formula is C15H33NO2S. The molecule has 0 aromatic rings. The topological polar surface area (TPSA) is 46.2 Å². The van der Waals surface area contributed by atoms with Crippen molar-refractivity contribution in [1.82, 2.24) is 5.32 Å². The second-order valence-corrected chi connectivity index (χ2v) is 8.79. The number of hydrogen-bond donors (Lipinski definition) is 1. The largest absolute Gasteiger partial charge is 0.316 e. The lowest BCUT2D eigenvalue weighted by molar-refractivity contribution is 0.369. The molecule has 0 rings (SSSR count). The maximum atomic E-state index is 11.8. The van der Waals surface area contributed by atoms with Crippen LogP contribution in [0, 0.1) is 17.8 Å². The van der Waals surface area contributed by atoms with Gasteiger partial charge in [-0.25, -0.2) is 8.42 Å². The summed E-state index contributed by atoms with van der Waals surface area (Å²) in [6, 6.07) is 0. The van der Waals surface area contributed by atoms with E-state index in [1.807, 2.05) is 6.92 Å². The molecule has 1 atom stereocenters. The number of sulfone groups is 1. The normalized spacial score (nSPS) is 14.3. The molecule has 0 saturated carbocycles. The van der Waals surface area contributed by atoms with Gasteiger partial charge in [-0.3, -0.25) is 0 Å². The van der Waals surface area contributed by atoms with Crippen LogP contribution in [0.4, 0.5) is 0 Å². The molecule has 0 aromatic carbocycles. The fourth-order valence-corrected chi connectivity index (χ4v) is 3.82. The van der Waals surface area contributed by atoms with Crippen molar-refractivity contribution in [1.29, 1.82) is 0 Å². The molecule has 4 heteroatoms. The Morgan fingerprint density at radius 3 is 2.05 bits per heavy atom. The van der Waals surface area contributed by atoms with Crippen LogP contribution in [-0.2, 0) is 9.84 Å². The Morgan fingerprint density at radius 2 is 1.58 bits per heavy atom. The quantitative estimate of drug-likeness (QED) is 0.636. The molecule has 0 bridgehead atoms. The van der Waals surface area contributed by atoms with Crippen molar-refractivity contribution < 1.29 is 8.42 Å². The van der Waals surface area contributed by atoms with Crippen molar-refractivity contribution in [2.75, 3.05) is 24.6 Å². The molecule has 19 heavy (non-hydrogen) atoms. The lowest BCUT2D eigenvalue weighted by Gasteiger charge is -2.20. The maximum absolute atomic E-state index is 11.8. The van der Waals surface area contributed by atoms with E-state index < -0.39 is 9.84 Å². The zero-order chi connectivity index (χ0) is 14.9. The minimum atomic E-state index is -2.83. The molecule has 0 spiro atoms. The molecule has 0 heterocycles. The van der Waals surface area contributed by atoms with E-state index in [9.17, 15) is 8.42 Å². The number of rotatable bonds is 11. The Balaban J connectivity index is 4.19. The molecule has 0 aliphatic heterocycles. The van der Waals surface area contributed by atoms with Crippen LogP contribution in [0.3, 0.4) is 0 Å². The van der Waals surface area contributed by atoms with Crippen LogP contribution in [-0.4, -0.2) is 33.0 Å². The fraction of sp³-hybridized carbons (Fsp3) is 1.00. The van der Waals surface area contributed by atoms with E-state index in [-0.39, 0.29) is 0 Å². The zero-order valence-electron chi connectivity index (χ0n) is 13.4. The highest BCUT2D eigenvalue weighted by molar-refractivity contribution is 7.91. The van der Waals surface area contributed by atoms with Gasteiger partial charge in [-0.1, -0.05) is 34.6 Å². The predicted molar refractivity (Wildman–Crippen MR) is 84.2 cm³/mol. The highest BCUT2D eigenvalue weighted by Gasteiger charge is 2.16. The van der Waals surface area contributed by atoms with E-state index in [1.54, 1.807) is 0 Å². The average Bonchev–Trinajstić information content (AvgIpc) is 2.24. The molecular weight excluding hydrogens is 258 g/mol. The molecule has 116 valence electrons. The smallest absolute Gasteiger partial charge is 0.150 e. The van der Waals surface area contributed by atoms with Gasteiger partial charge >= 0.3 is 0 Å². The summed E-state index contributed by atoms with van der Waals surface area (Å²) in [6.07, 6.45) is 2.63. The molecule has 0 amide bonds. The molecule has 3 nitrogen and oxygen atoms in total. The Morgan fingerprint density at radius 1 is 0.947 bits per heavy atom. The summed E-state index contributed by atoms with van der Waals surface area (Å²) in [5, 5.41) is 3.46. The van der Waals surface area contributed by atoms with Crippen LogP contribution >= 0.6 is 0 Å². The first-order valence-electron chi connectivity index (χ1n) is 7.68. The fourth-order valence-electron chi connectivity index (χ4n) is 2.31. The molecule has 0 aromatic heterocycles. The van der Waals surface area contributed by atoms with E-state index in [4.69, 9.17) is 0 Å². The van der Waals surface area contributed by atoms with Crippen LogP contribution in [0.25, 0.3) is 0 Å². The summed E-state index contributed by atoms with van der Waals surface area (Å²) >= 11 is 0. The second kappa shape index (κ2) is 9.76. The Labute approximate surface area is 120 Å². The van der Waals surface area contributed by atoms with Crippen LogP contribution in [0.2, 0.25) is 0 Å². The van der Waals surface area contributed by atoms with Gasteiger partial charge in [-0.2, -0.15) is 0 Å². The van der Waals surface area contributed by atoms with E-state index in [2.05, 4.69) is 33.0 Å². The summed E-state index contributed by atoms with van der Waals surface area (Å²) in [7, 11) is -2.83. The van der Waals surface area contributed by atoms with Gasteiger partial charge < -0.3 is 5.32 Å². The van der Waals surface area contributed by atoms with Gasteiger partial charge in [0.25, 0.3) is 0 Å². The summed E-state index contributed by atoms with van der Waals surface area (Å²) in [6.45, 7) is 12.7. The van der Waals surface area contributed by atoms with Crippen LogP contribution in [0.1, 0.15) is 53.9 Å². The summed E-state index contributed by atoms with van der Waals surface area (Å²) in [5.41, 5.74) is 0. The lowest BCUT2D eigenvalue weighted by Crippen LogP contribution is -2.28. The summed E-state index contributed by atoms with van der Waals surface area (Å²) in [4.78, 5) is 0. The molecule has 0 radical (unpaired) electrons. The standard InChI is InChI=1S/C15H33NO2S/c1-6-8-19(17,18)9-7-15(10-13(2)3)12-16-11-14(4)5/h13-16H,6-12H2,1-5H3. The minimum Gasteiger partial charge on any atom is -0.316 e. The van der Waals surface area contributed by atoms with Crippen molar-refractivity contribution in [2.24, 2.45) is 17.8 Å². The van der Waals surface area contributed by atoms with Crippen LogP contribution in [0.5, 0.6) is 0 Å². The molecule has 0 aliphatic rings. The Hall–Kier alpha value is -0.0900. The highest BCUT2D eigenvalue weighted by atomic mass is 32.2. The third kappa shape index (κ3) is 11.4. The van der Waals surface area contributed by atoms with Gasteiger partial charge in [0.05, 0.1) is 5.75 Å². The van der Waals surface area contributed by atoms with Crippen molar-refractivity contribution in [3.63, 3.8) is 0 Å². The van der Waals surface area contributed by atoms with E-state index in [1.165, 1.54) is 0 Å². The summed E-state index contributed by atoms with van der Waals surface area (Å²) < 4.78 is 23.6. The molecule has 1 N–H and O–H groups in total. The second-order valence-electron chi connectivity index (χ2n) is 6.49. The van der Waals surface area contributed by atoms with Crippen LogP contribution < -0.4 is 5.32 Å². The minimum absolute atomic E-state index is 0.334. The third-order valence-electron chi connectivity index (χ3n) is 3.14. The van der Waals surface area contributed by atoms with Gasteiger partial charge in [-0.05, 0) is 50.1 Å². The first kappa shape index (κ1) is 18.9. The van der Waals surface area contributed by atoms with E-state index in [0.717, 1.165) is 32.4 Å². The van der Waals surface area contributed by atoms with Gasteiger partial charge in [0, 0.05) is 5.75 Å². The molecule has 0 fully saturated rings. The Kier molecular flexibility index (Phi) is 9.71. The maximum Gasteiger partial charge on any atom is 0.150 e. The first-order valence-corrected chi connectivity index (χ1v) is 9.50. The highest BCUT2D eigenvalue weighted by Crippen LogP contribution is 2.16.